The van der Waals surface area contributed by atoms with Crippen molar-refractivity contribution in [3.63, 3.8) is 0 Å². The molecule has 1 aliphatic rings. The Balaban J connectivity index is 1.60. The minimum Gasteiger partial charge on any atom is -0.468 e. The lowest BCUT2D eigenvalue weighted by molar-refractivity contribution is -0.114. The molecule has 2 aromatic carbocycles. The fourth-order valence-corrected chi connectivity index (χ4v) is 5.05. The lowest BCUT2D eigenvalue weighted by Crippen LogP contribution is -2.31. The van der Waals surface area contributed by atoms with Crippen molar-refractivity contribution in [2.45, 2.75) is 12.8 Å². The number of allylic oxidation sites excluding steroid dienone is 2. The van der Waals surface area contributed by atoms with E-state index in [1.165, 1.54) is 24.1 Å². The summed E-state index contributed by atoms with van der Waals surface area (Å²) in [5, 5.41) is 20.0. The summed E-state index contributed by atoms with van der Waals surface area (Å²) in [6.07, 6.45) is 1.48. The SMILES string of the molecule is CC1=C(C(=O)Nc2ccc(Cl)cc2Cl)C(c2ccco2)C(C#N)=C(SCC(=O)Nc2ccccc2)N1. The summed E-state index contributed by atoms with van der Waals surface area (Å²) in [5.74, 6) is -0.981. The average Bonchev–Trinajstić information content (AvgIpc) is 3.39. The molecule has 1 aromatic heterocycles. The molecule has 1 aliphatic heterocycles. The van der Waals surface area contributed by atoms with Gasteiger partial charge in [0.15, 0.2) is 0 Å². The highest BCUT2D eigenvalue weighted by atomic mass is 35.5. The molecule has 2 heterocycles. The predicted molar refractivity (Wildman–Crippen MR) is 143 cm³/mol. The van der Waals surface area contributed by atoms with Crippen LogP contribution in [0.5, 0.6) is 0 Å². The van der Waals surface area contributed by atoms with Gasteiger partial charge in [-0.1, -0.05) is 53.2 Å². The molecule has 3 N–H and O–H groups in total. The Bertz CT molecular complexity index is 1400. The number of hydrogen-bond donors (Lipinski definition) is 3. The lowest BCUT2D eigenvalue weighted by Gasteiger charge is -2.28. The fraction of sp³-hybridized carbons (Fsp3) is 0.115. The maximum atomic E-state index is 13.4. The van der Waals surface area contributed by atoms with Crippen molar-refractivity contribution in [3.05, 3.63) is 105 Å². The van der Waals surface area contributed by atoms with Crippen LogP contribution in [-0.4, -0.2) is 17.6 Å². The van der Waals surface area contributed by atoms with E-state index in [0.29, 0.717) is 38.5 Å². The van der Waals surface area contributed by atoms with Crippen molar-refractivity contribution in [3.8, 4) is 6.07 Å². The van der Waals surface area contributed by atoms with Gasteiger partial charge < -0.3 is 20.4 Å². The second-order valence-electron chi connectivity index (χ2n) is 7.75. The summed E-state index contributed by atoms with van der Waals surface area (Å²) < 4.78 is 5.62. The minimum atomic E-state index is -0.781. The van der Waals surface area contributed by atoms with E-state index >= 15 is 0 Å². The Morgan fingerprint density at radius 1 is 1.11 bits per heavy atom. The number of nitrogens with one attached hydrogen (secondary N) is 3. The number of nitriles is 1. The highest BCUT2D eigenvalue weighted by Gasteiger charge is 2.36. The Hall–Kier alpha value is -3.64. The lowest BCUT2D eigenvalue weighted by atomic mass is 9.85. The van der Waals surface area contributed by atoms with E-state index in [1.807, 2.05) is 18.2 Å². The number of hydrogen-bond acceptors (Lipinski definition) is 6. The van der Waals surface area contributed by atoms with E-state index in [2.05, 4.69) is 22.0 Å². The number of anilines is 2. The van der Waals surface area contributed by atoms with Gasteiger partial charge in [-0.3, -0.25) is 9.59 Å². The number of para-hydroxylation sites is 1. The van der Waals surface area contributed by atoms with E-state index in [9.17, 15) is 14.9 Å². The van der Waals surface area contributed by atoms with Gasteiger partial charge in [0.1, 0.15) is 5.76 Å². The molecular formula is C26H20Cl2N4O3S. The largest absolute Gasteiger partial charge is 0.468 e. The summed E-state index contributed by atoms with van der Waals surface area (Å²) in [6.45, 7) is 1.73. The molecule has 0 radical (unpaired) electrons. The van der Waals surface area contributed by atoms with Crippen LogP contribution in [0.1, 0.15) is 18.6 Å². The van der Waals surface area contributed by atoms with Crippen LogP contribution < -0.4 is 16.0 Å². The third-order valence-electron chi connectivity index (χ3n) is 5.30. The molecule has 36 heavy (non-hydrogen) atoms. The predicted octanol–water partition coefficient (Wildman–Crippen LogP) is 6.29. The number of benzene rings is 2. The number of nitrogens with zero attached hydrogens (tertiary/aromatic N) is 1. The van der Waals surface area contributed by atoms with Crippen LogP contribution >= 0.6 is 35.0 Å². The Morgan fingerprint density at radius 2 is 1.89 bits per heavy atom. The standard InChI is InChI=1S/C26H20Cl2N4O3S/c1-15-23(25(34)32-20-10-9-16(27)12-19(20)28)24(21-8-5-11-35-21)18(13-29)26(30-15)36-14-22(33)31-17-6-3-2-4-7-17/h2-12,24,30H,14H2,1H3,(H,31,33)(H,32,34). The summed E-state index contributed by atoms with van der Waals surface area (Å²) >= 11 is 13.4. The van der Waals surface area contributed by atoms with Crippen molar-refractivity contribution in [1.29, 1.82) is 5.26 Å². The second kappa shape index (κ2) is 11.4. The molecule has 0 fully saturated rings. The maximum absolute atomic E-state index is 13.4. The fourth-order valence-electron chi connectivity index (χ4n) is 3.70. The van der Waals surface area contributed by atoms with E-state index in [1.54, 1.807) is 43.3 Å². The molecule has 2 amide bonds. The summed E-state index contributed by atoms with van der Waals surface area (Å²) in [5.41, 5.74) is 2.14. The zero-order valence-corrected chi connectivity index (χ0v) is 21.3. The summed E-state index contributed by atoms with van der Waals surface area (Å²) in [4.78, 5) is 25.9. The molecule has 0 saturated carbocycles. The van der Waals surface area contributed by atoms with Crippen molar-refractivity contribution in [1.82, 2.24) is 5.32 Å². The Kier molecular flexibility index (Phi) is 8.06. The van der Waals surface area contributed by atoms with Crippen LogP contribution in [0, 0.1) is 11.3 Å². The smallest absolute Gasteiger partial charge is 0.254 e. The van der Waals surface area contributed by atoms with E-state index in [-0.39, 0.29) is 22.3 Å². The van der Waals surface area contributed by atoms with Crippen LogP contribution in [0.15, 0.2) is 93.2 Å². The molecule has 3 aromatic rings. The average molecular weight is 539 g/mol. The van der Waals surface area contributed by atoms with E-state index in [0.717, 1.165) is 0 Å². The van der Waals surface area contributed by atoms with E-state index < -0.39 is 11.8 Å². The normalized spacial score (nSPS) is 15.2. The zero-order chi connectivity index (χ0) is 25.7. The summed E-state index contributed by atoms with van der Waals surface area (Å²) in [7, 11) is 0. The molecule has 10 heteroatoms. The quantitative estimate of drug-likeness (QED) is 0.326. The van der Waals surface area contributed by atoms with Crippen molar-refractivity contribution < 1.29 is 14.0 Å². The molecular weight excluding hydrogens is 519 g/mol. The Labute approximate surface area is 222 Å². The number of furan rings is 1. The first-order valence-electron chi connectivity index (χ1n) is 10.8. The van der Waals surface area contributed by atoms with Crippen LogP contribution in [0.3, 0.4) is 0 Å². The molecule has 0 bridgehead atoms. The highest BCUT2D eigenvalue weighted by molar-refractivity contribution is 8.03. The van der Waals surface area contributed by atoms with Gasteiger partial charge >= 0.3 is 0 Å². The summed E-state index contributed by atoms with van der Waals surface area (Å²) in [6, 6.07) is 19.4. The van der Waals surface area contributed by atoms with Crippen LogP contribution in [-0.2, 0) is 9.59 Å². The first kappa shape index (κ1) is 25.5. The van der Waals surface area contributed by atoms with Crippen molar-refractivity contribution in [2.24, 2.45) is 0 Å². The number of dihydropyridines is 1. The third kappa shape index (κ3) is 5.77. The van der Waals surface area contributed by atoms with Gasteiger partial charge in [0, 0.05) is 16.4 Å². The molecule has 0 saturated heterocycles. The minimum absolute atomic E-state index is 0.0580. The van der Waals surface area contributed by atoms with Gasteiger partial charge in [-0.05, 0) is 49.4 Å². The molecule has 1 unspecified atom stereocenters. The number of halogens is 2. The third-order valence-corrected chi connectivity index (χ3v) is 6.87. The molecule has 4 rings (SSSR count). The number of rotatable bonds is 7. The van der Waals surface area contributed by atoms with Gasteiger partial charge in [-0.2, -0.15) is 5.26 Å². The number of amides is 2. The molecule has 1 atom stereocenters. The topological polar surface area (TPSA) is 107 Å². The molecule has 0 aliphatic carbocycles. The van der Waals surface area contributed by atoms with Crippen molar-refractivity contribution >= 4 is 58.2 Å². The van der Waals surface area contributed by atoms with Crippen molar-refractivity contribution in [2.75, 3.05) is 16.4 Å². The number of thioether (sulfide) groups is 1. The van der Waals surface area contributed by atoms with Gasteiger partial charge in [0.25, 0.3) is 5.91 Å². The second-order valence-corrected chi connectivity index (χ2v) is 9.58. The van der Waals surface area contributed by atoms with Gasteiger partial charge in [0.05, 0.1) is 50.9 Å². The first-order chi connectivity index (χ1) is 17.4. The monoisotopic (exact) mass is 538 g/mol. The number of carbonyl (C=O) groups excluding carboxylic acids is 2. The molecule has 0 spiro atoms. The Morgan fingerprint density at radius 3 is 2.56 bits per heavy atom. The maximum Gasteiger partial charge on any atom is 0.254 e. The van der Waals surface area contributed by atoms with Gasteiger partial charge in [-0.25, -0.2) is 0 Å². The first-order valence-corrected chi connectivity index (χ1v) is 12.5. The number of carbonyl (C=O) groups is 2. The van der Waals surface area contributed by atoms with Crippen LogP contribution in [0.25, 0.3) is 0 Å². The van der Waals surface area contributed by atoms with Gasteiger partial charge in [-0.15, -0.1) is 0 Å². The zero-order valence-electron chi connectivity index (χ0n) is 19.0. The van der Waals surface area contributed by atoms with Crippen LogP contribution in [0.2, 0.25) is 10.0 Å². The molecule has 7 nitrogen and oxygen atoms in total. The molecule has 182 valence electrons. The van der Waals surface area contributed by atoms with E-state index in [4.69, 9.17) is 27.6 Å². The highest BCUT2D eigenvalue weighted by Crippen LogP contribution is 2.41. The van der Waals surface area contributed by atoms with Crippen LogP contribution in [0.4, 0.5) is 11.4 Å². The van der Waals surface area contributed by atoms with Gasteiger partial charge in [0.2, 0.25) is 5.91 Å².